The normalized spacial score (nSPS) is 16.5. The van der Waals surface area contributed by atoms with E-state index in [1.165, 1.54) is 22.8 Å². The highest BCUT2D eigenvalue weighted by molar-refractivity contribution is 6.33. The second-order valence-electron chi connectivity index (χ2n) is 10.3. The minimum Gasteiger partial charge on any atom is -0.389 e. The molecular weight excluding hydrogens is 434 g/mol. The highest BCUT2D eigenvalue weighted by Gasteiger charge is 2.26. The topological polar surface area (TPSA) is 69.5 Å². The predicted octanol–water partition coefficient (Wildman–Crippen LogP) is 5.60. The lowest BCUT2D eigenvalue weighted by molar-refractivity contribution is 0.0282. The molecule has 0 amide bonds. The smallest absolute Gasteiger partial charge is 0.173 e. The summed E-state index contributed by atoms with van der Waals surface area (Å²) >= 11 is 6.51. The van der Waals surface area contributed by atoms with Crippen molar-refractivity contribution in [3.05, 3.63) is 52.9 Å². The zero-order valence-corrected chi connectivity index (χ0v) is 20.5. The van der Waals surface area contributed by atoms with E-state index < -0.39 is 5.60 Å². The molecule has 1 fully saturated rings. The molecule has 1 aliphatic rings. The third kappa shape index (κ3) is 4.39. The Balaban J connectivity index is 1.49. The van der Waals surface area contributed by atoms with Crippen LogP contribution in [0.2, 0.25) is 5.02 Å². The van der Waals surface area contributed by atoms with Gasteiger partial charge in [0.15, 0.2) is 5.65 Å². The Hall–Kier alpha value is -2.41. The maximum atomic E-state index is 10.2. The van der Waals surface area contributed by atoms with Crippen LogP contribution in [-0.4, -0.2) is 54.8 Å². The van der Waals surface area contributed by atoms with E-state index in [0.717, 1.165) is 49.2 Å². The Morgan fingerprint density at radius 1 is 1.21 bits per heavy atom. The number of piperidine rings is 1. The van der Waals surface area contributed by atoms with Crippen LogP contribution in [0, 0.1) is 0 Å². The summed E-state index contributed by atoms with van der Waals surface area (Å²) in [6.07, 6.45) is 5.76. The van der Waals surface area contributed by atoms with Gasteiger partial charge in [0.2, 0.25) is 0 Å². The van der Waals surface area contributed by atoms with E-state index in [2.05, 4.69) is 52.0 Å². The average molecular weight is 466 g/mol. The van der Waals surface area contributed by atoms with Gasteiger partial charge < -0.3 is 15.0 Å². The number of nitrogens with one attached hydrogen (secondary N) is 1. The summed E-state index contributed by atoms with van der Waals surface area (Å²) in [5.74, 6) is 0.898. The van der Waals surface area contributed by atoms with Crippen molar-refractivity contribution in [2.24, 2.45) is 0 Å². The number of rotatable bonds is 5. The number of hydrogen-bond donors (Lipinski definition) is 2. The number of β-amino-alcohol motifs (C(OH)–C–C–N with tert-alkyl or cyclic N) is 1. The van der Waals surface area contributed by atoms with Gasteiger partial charge in [-0.2, -0.15) is 5.10 Å². The quantitative estimate of drug-likeness (QED) is 0.402. The number of halogens is 1. The van der Waals surface area contributed by atoms with Crippen LogP contribution >= 0.6 is 11.6 Å². The standard InChI is InChI=1S/C26H32ClN5O/c1-16(2)23-20-11-18(17-7-9-31(10-8-17)14-26(3,4)33)5-6-22(20)30-24(23)19-12-21(27)25-28-15-29-32(25)13-19/h5-6,11-13,15-17,30,33H,7-10,14H2,1-4H3. The lowest BCUT2D eigenvalue weighted by atomic mass is 9.87. The summed E-state index contributed by atoms with van der Waals surface area (Å²) in [5.41, 5.74) is 5.99. The predicted molar refractivity (Wildman–Crippen MR) is 134 cm³/mol. The van der Waals surface area contributed by atoms with E-state index in [-0.39, 0.29) is 0 Å². The molecule has 4 aromatic rings. The molecule has 7 heteroatoms. The Kier molecular flexibility index (Phi) is 5.71. The van der Waals surface area contributed by atoms with E-state index >= 15 is 0 Å². The molecule has 0 spiro atoms. The van der Waals surface area contributed by atoms with Crippen LogP contribution in [0.3, 0.4) is 0 Å². The summed E-state index contributed by atoms with van der Waals surface area (Å²) in [4.78, 5) is 10.3. The summed E-state index contributed by atoms with van der Waals surface area (Å²) in [6.45, 7) is 11.0. The maximum Gasteiger partial charge on any atom is 0.173 e. The molecule has 1 aliphatic heterocycles. The monoisotopic (exact) mass is 465 g/mol. The number of hydrogen-bond acceptors (Lipinski definition) is 4. The molecule has 6 nitrogen and oxygen atoms in total. The Morgan fingerprint density at radius 2 is 1.97 bits per heavy atom. The molecular formula is C26H32ClN5O. The second-order valence-corrected chi connectivity index (χ2v) is 10.7. The minimum absolute atomic E-state index is 0.350. The molecule has 0 aliphatic carbocycles. The van der Waals surface area contributed by atoms with Gasteiger partial charge in [-0.25, -0.2) is 9.50 Å². The third-order valence-electron chi connectivity index (χ3n) is 6.73. The summed E-state index contributed by atoms with van der Waals surface area (Å²) in [6, 6.07) is 8.85. The summed E-state index contributed by atoms with van der Waals surface area (Å²) < 4.78 is 1.74. The van der Waals surface area contributed by atoms with Crippen LogP contribution in [0.5, 0.6) is 0 Å². The van der Waals surface area contributed by atoms with Crippen molar-refractivity contribution in [2.75, 3.05) is 19.6 Å². The number of aromatic nitrogens is 4. The van der Waals surface area contributed by atoms with Crippen LogP contribution in [0.1, 0.15) is 63.5 Å². The Bertz CT molecular complexity index is 1290. The first-order valence-corrected chi connectivity index (χ1v) is 12.2. The van der Waals surface area contributed by atoms with Gasteiger partial charge in [0.25, 0.3) is 0 Å². The molecule has 0 atom stereocenters. The number of nitrogens with zero attached hydrogens (tertiary/aromatic N) is 4. The van der Waals surface area contributed by atoms with Gasteiger partial charge >= 0.3 is 0 Å². The molecule has 0 bridgehead atoms. The fourth-order valence-electron chi connectivity index (χ4n) is 5.31. The van der Waals surface area contributed by atoms with Crippen LogP contribution in [-0.2, 0) is 0 Å². The summed E-state index contributed by atoms with van der Waals surface area (Å²) in [5, 5.41) is 16.3. The first-order valence-electron chi connectivity index (χ1n) is 11.8. The Labute approximate surface area is 199 Å². The molecule has 4 heterocycles. The van der Waals surface area contributed by atoms with Gasteiger partial charge in [0.05, 0.1) is 16.3 Å². The number of fused-ring (bicyclic) bond motifs is 2. The molecule has 5 rings (SSSR count). The Morgan fingerprint density at radius 3 is 2.67 bits per heavy atom. The van der Waals surface area contributed by atoms with Gasteiger partial charge in [0.1, 0.15) is 6.33 Å². The number of aromatic amines is 1. The first-order chi connectivity index (χ1) is 15.7. The van der Waals surface area contributed by atoms with Gasteiger partial charge in [0, 0.05) is 29.2 Å². The van der Waals surface area contributed by atoms with E-state index in [4.69, 9.17) is 11.6 Å². The average Bonchev–Trinajstić information content (AvgIpc) is 3.37. The molecule has 3 aromatic heterocycles. The highest BCUT2D eigenvalue weighted by Crippen LogP contribution is 2.39. The lowest BCUT2D eigenvalue weighted by Gasteiger charge is -2.35. The molecule has 174 valence electrons. The van der Waals surface area contributed by atoms with Gasteiger partial charge in [-0.3, -0.25) is 0 Å². The van der Waals surface area contributed by atoms with Crippen molar-refractivity contribution >= 4 is 28.2 Å². The van der Waals surface area contributed by atoms with Crippen molar-refractivity contribution < 1.29 is 5.11 Å². The molecule has 2 N–H and O–H groups in total. The van der Waals surface area contributed by atoms with E-state index in [1.807, 2.05) is 26.1 Å². The number of pyridine rings is 1. The molecule has 33 heavy (non-hydrogen) atoms. The van der Waals surface area contributed by atoms with Crippen LogP contribution in [0.4, 0.5) is 0 Å². The van der Waals surface area contributed by atoms with Crippen molar-refractivity contribution in [2.45, 2.75) is 58.0 Å². The van der Waals surface area contributed by atoms with E-state index in [1.54, 1.807) is 4.52 Å². The van der Waals surface area contributed by atoms with Crippen molar-refractivity contribution in [1.82, 2.24) is 24.5 Å². The maximum absolute atomic E-state index is 10.2. The van der Waals surface area contributed by atoms with E-state index in [0.29, 0.717) is 22.5 Å². The largest absolute Gasteiger partial charge is 0.389 e. The zero-order valence-electron chi connectivity index (χ0n) is 19.8. The van der Waals surface area contributed by atoms with Crippen molar-refractivity contribution in [1.29, 1.82) is 0 Å². The fourth-order valence-corrected chi connectivity index (χ4v) is 5.56. The highest BCUT2D eigenvalue weighted by atomic mass is 35.5. The van der Waals surface area contributed by atoms with Crippen molar-refractivity contribution in [3.8, 4) is 11.3 Å². The van der Waals surface area contributed by atoms with Crippen LogP contribution in [0.25, 0.3) is 27.8 Å². The number of H-pyrrole nitrogens is 1. The first kappa shape index (κ1) is 22.4. The third-order valence-corrected chi connectivity index (χ3v) is 7.01. The fraction of sp³-hybridized carbons (Fsp3) is 0.462. The lowest BCUT2D eigenvalue weighted by Crippen LogP contribution is -2.42. The van der Waals surface area contributed by atoms with Crippen molar-refractivity contribution in [3.63, 3.8) is 0 Å². The van der Waals surface area contributed by atoms with Gasteiger partial charge in [-0.15, -0.1) is 0 Å². The zero-order chi connectivity index (χ0) is 23.3. The second kappa shape index (κ2) is 8.42. The van der Waals surface area contributed by atoms with Crippen LogP contribution < -0.4 is 0 Å². The number of benzene rings is 1. The van der Waals surface area contributed by atoms with Gasteiger partial charge in [-0.1, -0.05) is 31.5 Å². The SMILES string of the molecule is CC(C)c1c(-c2cc(Cl)c3ncnn3c2)[nH]c2ccc(C3CCN(CC(C)(C)O)CC3)cc12. The molecule has 1 saturated heterocycles. The minimum atomic E-state index is -0.641. The summed E-state index contributed by atoms with van der Waals surface area (Å²) in [7, 11) is 0. The number of aliphatic hydroxyl groups is 1. The molecule has 0 radical (unpaired) electrons. The van der Waals surface area contributed by atoms with E-state index in [9.17, 15) is 5.11 Å². The molecule has 1 aromatic carbocycles. The molecule has 0 unspecified atom stereocenters. The molecule has 0 saturated carbocycles. The van der Waals surface area contributed by atoms with Crippen LogP contribution in [0.15, 0.2) is 36.8 Å². The number of likely N-dealkylation sites (tertiary alicyclic amines) is 1. The van der Waals surface area contributed by atoms with Gasteiger partial charge in [-0.05, 0) is 80.9 Å².